The first-order valence-corrected chi connectivity index (χ1v) is 5.63. The molecule has 4 nitrogen and oxygen atoms in total. The second-order valence-corrected chi connectivity index (χ2v) is 4.52. The molecule has 0 aliphatic carbocycles. The molecule has 0 amide bonds. The van der Waals surface area contributed by atoms with E-state index in [9.17, 15) is 9.90 Å². The third-order valence-corrected chi connectivity index (χ3v) is 3.21. The molecule has 0 radical (unpaired) electrons. The topological polar surface area (TPSA) is 65.5 Å². The minimum atomic E-state index is -0.258. The van der Waals surface area contributed by atoms with E-state index in [1.54, 1.807) is 0 Å². The summed E-state index contributed by atoms with van der Waals surface area (Å²) in [6.07, 6.45) is 0.649. The number of benzene rings is 1. The number of aromatic amines is 1. The smallest absolute Gasteiger partial charge is 0.308 e. The van der Waals surface area contributed by atoms with E-state index >= 15 is 0 Å². The van der Waals surface area contributed by atoms with E-state index in [1.807, 2.05) is 24.3 Å². The molecule has 0 unspecified atom stereocenters. The molecule has 0 saturated heterocycles. The normalized spacial score (nSPS) is 13.6. The highest BCUT2D eigenvalue weighted by Crippen LogP contribution is 2.30. The first-order chi connectivity index (χ1) is 7.74. The number of aliphatic imine (C=N–C) groups is 1. The van der Waals surface area contributed by atoms with E-state index in [2.05, 4.69) is 9.98 Å². The predicted octanol–water partition coefficient (Wildman–Crippen LogP) is 1.82. The molecular weight excluding hydrogens is 224 g/mol. The van der Waals surface area contributed by atoms with Gasteiger partial charge in [0.1, 0.15) is 5.69 Å². The van der Waals surface area contributed by atoms with Gasteiger partial charge in [-0.25, -0.2) is 0 Å². The highest BCUT2D eigenvalue weighted by atomic mass is 32.1. The summed E-state index contributed by atoms with van der Waals surface area (Å²) in [5, 5.41) is 9.59. The Morgan fingerprint density at radius 2 is 2.19 bits per heavy atom. The van der Waals surface area contributed by atoms with Gasteiger partial charge in [-0.3, -0.25) is 9.79 Å². The van der Waals surface area contributed by atoms with Crippen LogP contribution in [0.15, 0.2) is 34.1 Å². The molecule has 2 heterocycles. The van der Waals surface area contributed by atoms with Gasteiger partial charge in [-0.15, -0.1) is 0 Å². The second kappa shape index (κ2) is 3.31. The standard InChI is InChI=1S/C11H8N2O2S/c14-10-9(13-11(15)16-10)8-5-6-3-1-2-4-7(6)12-8/h1-4,14H,5H2,(H,13,15). The molecule has 5 heteroatoms. The maximum Gasteiger partial charge on any atom is 0.308 e. The van der Waals surface area contributed by atoms with Crippen molar-refractivity contribution in [1.82, 2.24) is 4.98 Å². The van der Waals surface area contributed by atoms with Crippen molar-refractivity contribution in [3.63, 3.8) is 0 Å². The molecule has 0 fully saturated rings. The molecule has 0 atom stereocenters. The van der Waals surface area contributed by atoms with Crippen LogP contribution in [0.25, 0.3) is 0 Å². The van der Waals surface area contributed by atoms with Gasteiger partial charge >= 0.3 is 4.87 Å². The summed E-state index contributed by atoms with van der Waals surface area (Å²) >= 11 is 0.798. The Balaban J connectivity index is 2.08. The molecule has 0 bridgehead atoms. The average Bonchev–Trinajstić information content (AvgIpc) is 2.81. The van der Waals surface area contributed by atoms with Crippen molar-refractivity contribution in [1.29, 1.82) is 0 Å². The van der Waals surface area contributed by atoms with Crippen molar-refractivity contribution < 1.29 is 5.11 Å². The predicted molar refractivity (Wildman–Crippen MR) is 62.9 cm³/mol. The minimum Gasteiger partial charge on any atom is -0.498 e. The zero-order valence-electron chi connectivity index (χ0n) is 8.23. The van der Waals surface area contributed by atoms with Crippen LogP contribution in [0.3, 0.4) is 0 Å². The zero-order chi connectivity index (χ0) is 11.1. The SMILES string of the molecule is O=c1[nH]c(C2=Nc3ccccc3C2)c(O)s1. The summed E-state index contributed by atoms with van der Waals surface area (Å²) in [5.41, 5.74) is 3.19. The Labute approximate surface area is 94.9 Å². The van der Waals surface area contributed by atoms with Crippen molar-refractivity contribution in [2.45, 2.75) is 6.42 Å². The van der Waals surface area contributed by atoms with Gasteiger partial charge in [0.2, 0.25) is 5.06 Å². The number of thiazole rings is 1. The maximum atomic E-state index is 11.1. The summed E-state index contributed by atoms with van der Waals surface area (Å²) in [5.74, 6) is 0. The third kappa shape index (κ3) is 1.37. The van der Waals surface area contributed by atoms with Gasteiger partial charge in [0.15, 0.2) is 0 Å². The zero-order valence-corrected chi connectivity index (χ0v) is 9.04. The first-order valence-electron chi connectivity index (χ1n) is 4.82. The lowest BCUT2D eigenvalue weighted by molar-refractivity contribution is 0.488. The lowest BCUT2D eigenvalue weighted by Gasteiger charge is -1.95. The Kier molecular flexibility index (Phi) is 1.94. The van der Waals surface area contributed by atoms with Crippen molar-refractivity contribution in [2.24, 2.45) is 4.99 Å². The lowest BCUT2D eigenvalue weighted by Crippen LogP contribution is -2.04. The number of fused-ring (bicyclic) bond motifs is 1. The van der Waals surface area contributed by atoms with Crippen LogP contribution in [-0.2, 0) is 6.42 Å². The van der Waals surface area contributed by atoms with E-state index in [1.165, 1.54) is 0 Å². The molecule has 1 aromatic carbocycles. The van der Waals surface area contributed by atoms with E-state index in [0.717, 1.165) is 28.3 Å². The quantitative estimate of drug-likeness (QED) is 0.787. The van der Waals surface area contributed by atoms with Crippen LogP contribution >= 0.6 is 11.3 Å². The van der Waals surface area contributed by atoms with Crippen LogP contribution in [-0.4, -0.2) is 15.8 Å². The molecule has 1 aliphatic rings. The molecule has 0 saturated carbocycles. The van der Waals surface area contributed by atoms with Crippen molar-refractivity contribution in [2.75, 3.05) is 0 Å². The van der Waals surface area contributed by atoms with E-state index in [-0.39, 0.29) is 9.94 Å². The van der Waals surface area contributed by atoms with E-state index in [0.29, 0.717) is 12.1 Å². The number of aromatic nitrogens is 1. The largest absolute Gasteiger partial charge is 0.498 e. The Morgan fingerprint density at radius 1 is 1.38 bits per heavy atom. The highest BCUT2D eigenvalue weighted by molar-refractivity contribution is 7.11. The molecule has 2 N–H and O–H groups in total. The van der Waals surface area contributed by atoms with Gasteiger partial charge in [0.25, 0.3) is 0 Å². The van der Waals surface area contributed by atoms with Gasteiger partial charge in [-0.05, 0) is 23.0 Å². The molecule has 0 spiro atoms. The fourth-order valence-electron chi connectivity index (χ4n) is 1.79. The Bertz CT molecular complexity index is 639. The van der Waals surface area contributed by atoms with Crippen LogP contribution in [0, 0.1) is 0 Å². The van der Waals surface area contributed by atoms with Gasteiger partial charge in [0, 0.05) is 6.42 Å². The summed E-state index contributed by atoms with van der Waals surface area (Å²) < 4.78 is 0. The fourth-order valence-corrected chi connectivity index (χ4v) is 2.39. The van der Waals surface area contributed by atoms with E-state index in [4.69, 9.17) is 0 Å². The number of rotatable bonds is 1. The number of nitrogens with zero attached hydrogens (tertiary/aromatic N) is 1. The first kappa shape index (κ1) is 9.35. The second-order valence-electron chi connectivity index (χ2n) is 3.56. The summed E-state index contributed by atoms with van der Waals surface area (Å²) in [6.45, 7) is 0. The fraction of sp³-hybridized carbons (Fsp3) is 0.0909. The molecule has 16 heavy (non-hydrogen) atoms. The van der Waals surface area contributed by atoms with Crippen molar-refractivity contribution >= 4 is 22.7 Å². The Hall–Kier alpha value is -1.88. The van der Waals surface area contributed by atoms with Crippen LogP contribution in [0.1, 0.15) is 11.3 Å². The number of hydrogen-bond acceptors (Lipinski definition) is 4. The van der Waals surface area contributed by atoms with Crippen molar-refractivity contribution in [3.05, 3.63) is 45.2 Å². The van der Waals surface area contributed by atoms with Gasteiger partial charge in [-0.1, -0.05) is 18.2 Å². The minimum absolute atomic E-state index is 0.0107. The summed E-state index contributed by atoms with van der Waals surface area (Å²) in [6, 6.07) is 7.78. The molecular formula is C11H8N2O2S. The van der Waals surface area contributed by atoms with Gasteiger partial charge in [0.05, 0.1) is 11.4 Å². The van der Waals surface area contributed by atoms with Crippen LogP contribution in [0.5, 0.6) is 5.06 Å². The van der Waals surface area contributed by atoms with Crippen LogP contribution in [0.4, 0.5) is 5.69 Å². The monoisotopic (exact) mass is 232 g/mol. The van der Waals surface area contributed by atoms with Crippen LogP contribution < -0.4 is 4.87 Å². The summed E-state index contributed by atoms with van der Waals surface area (Å²) in [7, 11) is 0. The average molecular weight is 232 g/mol. The molecule has 80 valence electrons. The molecule has 1 aliphatic heterocycles. The number of aromatic hydroxyl groups is 1. The summed E-state index contributed by atoms with van der Waals surface area (Å²) in [4.78, 5) is 17.8. The number of H-pyrrole nitrogens is 1. The van der Waals surface area contributed by atoms with E-state index < -0.39 is 0 Å². The van der Waals surface area contributed by atoms with Gasteiger partial charge in [-0.2, -0.15) is 0 Å². The van der Waals surface area contributed by atoms with Crippen molar-refractivity contribution in [3.8, 4) is 5.06 Å². The maximum absolute atomic E-state index is 11.1. The number of nitrogens with one attached hydrogen (secondary N) is 1. The number of para-hydroxylation sites is 1. The lowest BCUT2D eigenvalue weighted by atomic mass is 10.1. The molecule has 1 aromatic heterocycles. The Morgan fingerprint density at radius 3 is 2.88 bits per heavy atom. The molecule has 3 rings (SSSR count). The van der Waals surface area contributed by atoms with Crippen LogP contribution in [0.2, 0.25) is 0 Å². The third-order valence-electron chi connectivity index (χ3n) is 2.52. The van der Waals surface area contributed by atoms with Gasteiger partial charge < -0.3 is 10.1 Å². The number of hydrogen-bond donors (Lipinski definition) is 2. The molecule has 2 aromatic rings. The highest BCUT2D eigenvalue weighted by Gasteiger charge is 2.20.